The van der Waals surface area contributed by atoms with Crippen molar-refractivity contribution in [2.75, 3.05) is 23.7 Å². The van der Waals surface area contributed by atoms with Gasteiger partial charge >= 0.3 is 0 Å². The number of nitrogens with two attached hydrogens (primary N) is 1. The fraction of sp³-hybridized carbons (Fsp3) is 0.389. The number of anilines is 2. The lowest BCUT2D eigenvalue weighted by molar-refractivity contribution is 0.402. The van der Waals surface area contributed by atoms with Crippen molar-refractivity contribution in [3.63, 3.8) is 0 Å². The fourth-order valence-corrected chi connectivity index (χ4v) is 3.04. The molecule has 110 valence electrons. The molecule has 21 heavy (non-hydrogen) atoms. The van der Waals surface area contributed by atoms with E-state index >= 15 is 0 Å². The quantitative estimate of drug-likeness (QED) is 0.937. The van der Waals surface area contributed by atoms with Crippen LogP contribution in [-0.4, -0.2) is 18.1 Å². The van der Waals surface area contributed by atoms with Gasteiger partial charge in [0, 0.05) is 13.1 Å². The zero-order valence-electron chi connectivity index (χ0n) is 12.6. The maximum atomic E-state index is 5.85. The summed E-state index contributed by atoms with van der Waals surface area (Å²) in [6.45, 7) is 4.23. The molecule has 2 heterocycles. The van der Waals surface area contributed by atoms with Crippen molar-refractivity contribution in [1.82, 2.24) is 4.98 Å². The van der Waals surface area contributed by atoms with Crippen molar-refractivity contribution in [2.24, 2.45) is 5.92 Å². The van der Waals surface area contributed by atoms with Crippen molar-refractivity contribution in [1.29, 1.82) is 0 Å². The summed E-state index contributed by atoms with van der Waals surface area (Å²) in [6, 6.07) is 12.9. The molecule has 0 amide bonds. The van der Waals surface area contributed by atoms with E-state index in [1.165, 1.54) is 24.8 Å². The van der Waals surface area contributed by atoms with Gasteiger partial charge in [0.2, 0.25) is 0 Å². The number of pyridine rings is 1. The average Bonchev–Trinajstić information content (AvgIpc) is 2.52. The molecule has 0 atom stereocenters. The van der Waals surface area contributed by atoms with E-state index in [0.717, 1.165) is 36.1 Å². The lowest BCUT2D eigenvalue weighted by Crippen LogP contribution is -2.34. The van der Waals surface area contributed by atoms with Crippen LogP contribution in [0.3, 0.4) is 0 Å². The molecule has 1 aliphatic heterocycles. The first-order valence-corrected chi connectivity index (χ1v) is 7.73. The smallest absolute Gasteiger partial charge is 0.128 e. The SMILES string of the molecule is Cc1cc(N2CCC(Cc3ccccc3)CC2)ncc1N. The highest BCUT2D eigenvalue weighted by Gasteiger charge is 2.20. The topological polar surface area (TPSA) is 42.2 Å². The number of aromatic nitrogens is 1. The second kappa shape index (κ2) is 6.17. The largest absolute Gasteiger partial charge is 0.397 e. The molecule has 0 bridgehead atoms. The number of rotatable bonds is 3. The highest BCUT2D eigenvalue weighted by Crippen LogP contribution is 2.26. The van der Waals surface area contributed by atoms with E-state index in [2.05, 4.69) is 46.3 Å². The van der Waals surface area contributed by atoms with E-state index in [0.29, 0.717) is 0 Å². The molecule has 1 aromatic heterocycles. The normalized spacial score (nSPS) is 16.1. The van der Waals surface area contributed by atoms with Crippen LogP contribution in [-0.2, 0) is 6.42 Å². The predicted molar refractivity (Wildman–Crippen MR) is 88.5 cm³/mol. The molecule has 2 aromatic rings. The van der Waals surface area contributed by atoms with E-state index in [-0.39, 0.29) is 0 Å². The van der Waals surface area contributed by atoms with Crippen LogP contribution in [0, 0.1) is 12.8 Å². The molecule has 0 aliphatic carbocycles. The molecule has 1 aliphatic rings. The van der Waals surface area contributed by atoms with Gasteiger partial charge in [-0.15, -0.1) is 0 Å². The maximum Gasteiger partial charge on any atom is 0.128 e. The van der Waals surface area contributed by atoms with E-state index < -0.39 is 0 Å². The molecule has 1 aromatic carbocycles. The van der Waals surface area contributed by atoms with Gasteiger partial charge in [0.25, 0.3) is 0 Å². The highest BCUT2D eigenvalue weighted by atomic mass is 15.2. The minimum absolute atomic E-state index is 0.776. The summed E-state index contributed by atoms with van der Waals surface area (Å²) in [7, 11) is 0. The molecule has 1 fully saturated rings. The second-order valence-corrected chi connectivity index (χ2v) is 6.02. The van der Waals surface area contributed by atoms with Crippen LogP contribution in [0.25, 0.3) is 0 Å². The van der Waals surface area contributed by atoms with E-state index in [4.69, 9.17) is 5.73 Å². The zero-order chi connectivity index (χ0) is 14.7. The van der Waals surface area contributed by atoms with Gasteiger partial charge in [-0.1, -0.05) is 30.3 Å². The lowest BCUT2D eigenvalue weighted by Gasteiger charge is -2.33. The minimum atomic E-state index is 0.776. The molecular weight excluding hydrogens is 258 g/mol. The molecule has 0 spiro atoms. The molecule has 3 heteroatoms. The number of aryl methyl sites for hydroxylation is 1. The first-order valence-electron chi connectivity index (χ1n) is 7.73. The summed E-state index contributed by atoms with van der Waals surface area (Å²) in [5, 5.41) is 0. The molecule has 0 unspecified atom stereocenters. The number of hydrogen-bond donors (Lipinski definition) is 1. The van der Waals surface area contributed by atoms with Gasteiger partial charge in [-0.3, -0.25) is 0 Å². The average molecular weight is 281 g/mol. The fourth-order valence-electron chi connectivity index (χ4n) is 3.04. The predicted octanol–water partition coefficient (Wildman–Crippen LogP) is 3.43. The van der Waals surface area contributed by atoms with Crippen molar-refractivity contribution < 1.29 is 0 Å². The summed E-state index contributed by atoms with van der Waals surface area (Å²) in [6.07, 6.45) is 5.45. The second-order valence-electron chi connectivity index (χ2n) is 6.02. The summed E-state index contributed by atoms with van der Waals surface area (Å²) < 4.78 is 0. The van der Waals surface area contributed by atoms with Crippen LogP contribution in [0.1, 0.15) is 24.0 Å². The Bertz CT molecular complexity index is 587. The minimum Gasteiger partial charge on any atom is -0.397 e. The Kier molecular flexibility index (Phi) is 4.09. The number of piperidine rings is 1. The Morgan fingerprint density at radius 3 is 2.57 bits per heavy atom. The maximum absolute atomic E-state index is 5.85. The van der Waals surface area contributed by atoms with Gasteiger partial charge in [-0.25, -0.2) is 4.98 Å². The Morgan fingerprint density at radius 1 is 1.19 bits per heavy atom. The van der Waals surface area contributed by atoms with Gasteiger partial charge < -0.3 is 10.6 Å². The molecule has 3 nitrogen and oxygen atoms in total. The van der Waals surface area contributed by atoms with Gasteiger partial charge in [-0.2, -0.15) is 0 Å². The summed E-state index contributed by atoms with van der Waals surface area (Å²) in [5.41, 5.74) is 9.19. The van der Waals surface area contributed by atoms with Crippen molar-refractivity contribution >= 4 is 11.5 Å². The van der Waals surface area contributed by atoms with E-state index in [1.807, 2.05) is 6.92 Å². The van der Waals surface area contributed by atoms with E-state index in [1.54, 1.807) is 6.20 Å². The lowest BCUT2D eigenvalue weighted by atomic mass is 9.90. The van der Waals surface area contributed by atoms with Crippen LogP contribution < -0.4 is 10.6 Å². The number of nitrogen functional groups attached to an aromatic ring is 1. The van der Waals surface area contributed by atoms with Crippen LogP contribution in [0.4, 0.5) is 11.5 Å². The zero-order valence-corrected chi connectivity index (χ0v) is 12.6. The molecule has 2 N–H and O–H groups in total. The number of benzene rings is 1. The van der Waals surface area contributed by atoms with Gasteiger partial charge in [0.1, 0.15) is 5.82 Å². The molecule has 1 saturated heterocycles. The Labute approximate surface area is 126 Å². The molecule has 3 rings (SSSR count). The Morgan fingerprint density at radius 2 is 1.90 bits per heavy atom. The van der Waals surface area contributed by atoms with Gasteiger partial charge in [-0.05, 0) is 49.3 Å². The third-order valence-corrected chi connectivity index (χ3v) is 4.44. The van der Waals surface area contributed by atoms with Crippen molar-refractivity contribution in [2.45, 2.75) is 26.2 Å². The van der Waals surface area contributed by atoms with Crippen molar-refractivity contribution in [3.8, 4) is 0 Å². The standard InChI is InChI=1S/C18H23N3/c1-14-11-18(20-13-17(14)19)21-9-7-16(8-10-21)12-15-5-3-2-4-6-15/h2-6,11,13,16H,7-10,12,19H2,1H3. The van der Waals surface area contributed by atoms with Gasteiger partial charge in [0.15, 0.2) is 0 Å². The monoisotopic (exact) mass is 281 g/mol. The summed E-state index contributed by atoms with van der Waals surface area (Å²) in [5.74, 6) is 1.86. The first-order chi connectivity index (χ1) is 10.2. The van der Waals surface area contributed by atoms with Crippen LogP contribution in [0.2, 0.25) is 0 Å². The number of nitrogens with zero attached hydrogens (tertiary/aromatic N) is 2. The summed E-state index contributed by atoms with van der Waals surface area (Å²) in [4.78, 5) is 6.86. The van der Waals surface area contributed by atoms with Crippen LogP contribution in [0.5, 0.6) is 0 Å². The van der Waals surface area contributed by atoms with Crippen LogP contribution >= 0.6 is 0 Å². The van der Waals surface area contributed by atoms with E-state index in [9.17, 15) is 0 Å². The highest BCUT2D eigenvalue weighted by molar-refractivity contribution is 5.52. The van der Waals surface area contributed by atoms with Crippen LogP contribution in [0.15, 0.2) is 42.6 Å². The van der Waals surface area contributed by atoms with Crippen molar-refractivity contribution in [3.05, 3.63) is 53.7 Å². The van der Waals surface area contributed by atoms with Gasteiger partial charge in [0.05, 0.1) is 11.9 Å². The Balaban J connectivity index is 1.58. The Hall–Kier alpha value is -2.03. The third kappa shape index (κ3) is 3.35. The number of hydrogen-bond acceptors (Lipinski definition) is 3. The molecule has 0 saturated carbocycles. The molecule has 0 radical (unpaired) electrons. The third-order valence-electron chi connectivity index (χ3n) is 4.44. The summed E-state index contributed by atoms with van der Waals surface area (Å²) >= 11 is 0. The molecular formula is C18H23N3. The first kappa shape index (κ1) is 13.9.